The maximum atomic E-state index is 11.0. The average molecular weight is 291 g/mol. The topological polar surface area (TPSA) is 66.6 Å². The van der Waals surface area contributed by atoms with Crippen molar-refractivity contribution in [1.29, 1.82) is 0 Å². The first-order valence-corrected chi connectivity index (χ1v) is 6.27. The maximum Gasteiger partial charge on any atom is 0.294 e. The number of hydrogen-bond acceptors (Lipinski definition) is 4. The van der Waals surface area contributed by atoms with Gasteiger partial charge in [0.2, 0.25) is 0 Å². The SMILES string of the molecule is O=[N+]([O-])c1cc(Cl)c(Cl)cc1N1CCC(CO)C1. The Labute approximate surface area is 114 Å². The van der Waals surface area contributed by atoms with E-state index in [1.807, 2.05) is 4.90 Å². The lowest BCUT2D eigenvalue weighted by Gasteiger charge is -2.18. The molecule has 1 fully saturated rings. The molecule has 1 aromatic carbocycles. The Morgan fingerprint density at radius 3 is 2.67 bits per heavy atom. The van der Waals surface area contributed by atoms with Crippen molar-refractivity contribution in [3.8, 4) is 0 Å². The number of nitro groups is 1. The van der Waals surface area contributed by atoms with Crippen molar-refractivity contribution in [3.63, 3.8) is 0 Å². The second kappa shape index (κ2) is 5.30. The molecule has 1 atom stereocenters. The number of benzene rings is 1. The molecule has 18 heavy (non-hydrogen) atoms. The quantitative estimate of drug-likeness (QED) is 0.687. The van der Waals surface area contributed by atoms with Crippen LogP contribution in [0.2, 0.25) is 10.0 Å². The zero-order valence-electron chi connectivity index (χ0n) is 9.47. The van der Waals surface area contributed by atoms with Gasteiger partial charge in [-0.25, -0.2) is 0 Å². The van der Waals surface area contributed by atoms with Crippen LogP contribution in [0.1, 0.15) is 6.42 Å². The average Bonchev–Trinajstić information content (AvgIpc) is 2.80. The monoisotopic (exact) mass is 290 g/mol. The van der Waals surface area contributed by atoms with Gasteiger partial charge in [0.25, 0.3) is 5.69 Å². The number of nitrogens with zero attached hydrogens (tertiary/aromatic N) is 2. The van der Waals surface area contributed by atoms with Gasteiger partial charge in [0, 0.05) is 31.7 Å². The minimum Gasteiger partial charge on any atom is -0.396 e. The van der Waals surface area contributed by atoms with Gasteiger partial charge in [-0.1, -0.05) is 23.2 Å². The van der Waals surface area contributed by atoms with Gasteiger partial charge >= 0.3 is 0 Å². The number of rotatable bonds is 3. The number of aliphatic hydroxyl groups excluding tert-OH is 1. The van der Waals surface area contributed by atoms with Crippen LogP contribution in [0, 0.1) is 16.0 Å². The molecule has 1 saturated heterocycles. The molecule has 0 bridgehead atoms. The lowest BCUT2D eigenvalue weighted by molar-refractivity contribution is -0.384. The van der Waals surface area contributed by atoms with Crippen LogP contribution in [-0.2, 0) is 0 Å². The molecule has 0 spiro atoms. The van der Waals surface area contributed by atoms with Gasteiger partial charge in [-0.3, -0.25) is 10.1 Å². The van der Waals surface area contributed by atoms with Crippen LogP contribution in [0.5, 0.6) is 0 Å². The Morgan fingerprint density at radius 2 is 2.11 bits per heavy atom. The standard InChI is InChI=1S/C11H12Cl2N2O3/c12-8-3-10(11(15(17)18)4-9(8)13)14-2-1-7(5-14)6-16/h3-4,7,16H,1-2,5-6H2. The molecule has 0 radical (unpaired) electrons. The molecule has 0 aliphatic carbocycles. The van der Waals surface area contributed by atoms with Crippen molar-refractivity contribution >= 4 is 34.6 Å². The third kappa shape index (κ3) is 2.53. The Balaban J connectivity index is 2.37. The number of hydrogen-bond donors (Lipinski definition) is 1. The van der Waals surface area contributed by atoms with E-state index in [1.54, 1.807) is 0 Å². The number of aliphatic hydroxyl groups is 1. The highest BCUT2D eigenvalue weighted by atomic mass is 35.5. The fourth-order valence-corrected chi connectivity index (χ4v) is 2.44. The van der Waals surface area contributed by atoms with Crippen LogP contribution < -0.4 is 4.90 Å². The van der Waals surface area contributed by atoms with E-state index in [9.17, 15) is 10.1 Å². The van der Waals surface area contributed by atoms with E-state index in [0.29, 0.717) is 23.8 Å². The first-order chi connectivity index (χ1) is 8.52. The van der Waals surface area contributed by atoms with Crippen molar-refractivity contribution in [1.82, 2.24) is 0 Å². The predicted octanol–water partition coefficient (Wildman–Crippen LogP) is 2.72. The third-order valence-electron chi connectivity index (χ3n) is 3.10. The van der Waals surface area contributed by atoms with Crippen molar-refractivity contribution in [3.05, 3.63) is 32.3 Å². The highest BCUT2D eigenvalue weighted by Gasteiger charge is 2.28. The van der Waals surface area contributed by atoms with Crippen LogP contribution in [0.15, 0.2) is 12.1 Å². The maximum absolute atomic E-state index is 11.0. The summed E-state index contributed by atoms with van der Waals surface area (Å²) < 4.78 is 0. The van der Waals surface area contributed by atoms with E-state index in [0.717, 1.165) is 6.42 Å². The molecule has 0 saturated carbocycles. The molecule has 98 valence electrons. The molecule has 1 aliphatic heterocycles. The summed E-state index contributed by atoms with van der Waals surface area (Å²) in [4.78, 5) is 12.4. The molecule has 7 heteroatoms. The van der Waals surface area contributed by atoms with E-state index >= 15 is 0 Å². The van der Waals surface area contributed by atoms with Gasteiger partial charge in [-0.2, -0.15) is 0 Å². The zero-order valence-corrected chi connectivity index (χ0v) is 11.0. The van der Waals surface area contributed by atoms with Crippen LogP contribution in [-0.4, -0.2) is 29.7 Å². The first kappa shape index (κ1) is 13.4. The smallest absolute Gasteiger partial charge is 0.294 e. The minimum absolute atomic E-state index is 0.0528. The highest BCUT2D eigenvalue weighted by molar-refractivity contribution is 6.42. The van der Waals surface area contributed by atoms with E-state index in [2.05, 4.69) is 0 Å². The molecule has 0 aromatic heterocycles. The van der Waals surface area contributed by atoms with Crippen molar-refractivity contribution < 1.29 is 10.0 Å². The lowest BCUT2D eigenvalue weighted by Crippen LogP contribution is -2.21. The lowest BCUT2D eigenvalue weighted by atomic mass is 10.1. The van der Waals surface area contributed by atoms with Gasteiger partial charge in [0.1, 0.15) is 5.69 Å². The van der Waals surface area contributed by atoms with Gasteiger partial charge < -0.3 is 10.0 Å². The van der Waals surface area contributed by atoms with Crippen molar-refractivity contribution in [2.24, 2.45) is 5.92 Å². The summed E-state index contributed by atoms with van der Waals surface area (Å²) in [6.45, 7) is 1.35. The summed E-state index contributed by atoms with van der Waals surface area (Å²) in [7, 11) is 0. The van der Waals surface area contributed by atoms with Crippen LogP contribution >= 0.6 is 23.2 Å². The van der Waals surface area contributed by atoms with E-state index < -0.39 is 4.92 Å². The van der Waals surface area contributed by atoms with E-state index in [1.165, 1.54) is 12.1 Å². The molecule has 0 amide bonds. The fraction of sp³-hybridized carbons (Fsp3) is 0.455. The molecule has 5 nitrogen and oxygen atoms in total. The minimum atomic E-state index is -0.468. The highest BCUT2D eigenvalue weighted by Crippen LogP contribution is 2.38. The van der Waals surface area contributed by atoms with Crippen molar-refractivity contribution in [2.75, 3.05) is 24.6 Å². The second-order valence-electron chi connectivity index (χ2n) is 4.30. The molecule has 2 rings (SSSR count). The third-order valence-corrected chi connectivity index (χ3v) is 3.82. The Morgan fingerprint density at radius 1 is 1.44 bits per heavy atom. The van der Waals surface area contributed by atoms with Gasteiger partial charge in [0.05, 0.1) is 15.0 Å². The first-order valence-electron chi connectivity index (χ1n) is 5.52. The van der Waals surface area contributed by atoms with Crippen molar-refractivity contribution in [2.45, 2.75) is 6.42 Å². The van der Waals surface area contributed by atoms with Crippen LogP contribution in [0.25, 0.3) is 0 Å². The summed E-state index contributed by atoms with van der Waals surface area (Å²) in [5.74, 6) is 0.152. The van der Waals surface area contributed by atoms with E-state index in [4.69, 9.17) is 28.3 Å². The molecule has 1 N–H and O–H groups in total. The van der Waals surface area contributed by atoms with Gasteiger partial charge in [-0.05, 0) is 12.5 Å². The zero-order chi connectivity index (χ0) is 13.3. The number of anilines is 1. The Hall–Kier alpha value is -1.04. The molecule has 1 heterocycles. The molecule has 1 unspecified atom stereocenters. The fourth-order valence-electron chi connectivity index (χ4n) is 2.13. The summed E-state index contributed by atoms with van der Waals surface area (Å²) in [5.41, 5.74) is 0.410. The molecular weight excluding hydrogens is 279 g/mol. The predicted molar refractivity (Wildman–Crippen MR) is 70.5 cm³/mol. The Kier molecular flexibility index (Phi) is 3.94. The summed E-state index contributed by atoms with van der Waals surface area (Å²) in [5, 5.41) is 20.6. The molecule has 1 aromatic rings. The second-order valence-corrected chi connectivity index (χ2v) is 5.11. The van der Waals surface area contributed by atoms with E-state index in [-0.39, 0.29) is 23.2 Å². The number of halogens is 2. The normalized spacial score (nSPS) is 19.3. The molecule has 1 aliphatic rings. The van der Waals surface area contributed by atoms with Gasteiger partial charge in [0.15, 0.2) is 0 Å². The largest absolute Gasteiger partial charge is 0.396 e. The summed E-state index contributed by atoms with van der Waals surface area (Å²) in [6.07, 6.45) is 0.813. The number of nitro benzene ring substituents is 1. The summed E-state index contributed by atoms with van der Waals surface area (Å²) in [6, 6.07) is 2.78. The molecular formula is C11H12Cl2N2O3. The Bertz CT molecular complexity index is 482. The van der Waals surface area contributed by atoms with Crippen LogP contribution in [0.4, 0.5) is 11.4 Å². The van der Waals surface area contributed by atoms with Crippen LogP contribution in [0.3, 0.4) is 0 Å². The van der Waals surface area contributed by atoms with Gasteiger partial charge in [-0.15, -0.1) is 0 Å². The summed E-state index contributed by atoms with van der Waals surface area (Å²) >= 11 is 11.7.